The van der Waals surface area contributed by atoms with Crippen LogP contribution in [0, 0.1) is 5.82 Å². The summed E-state index contributed by atoms with van der Waals surface area (Å²) in [5.74, 6) is -1.51. The maximum Gasteiger partial charge on any atom is 0.129 e. The number of carboxylic acids is 1. The number of hydrogen-bond acceptors (Lipinski definition) is 2. The molecule has 0 radical (unpaired) electrons. The van der Waals surface area contributed by atoms with E-state index in [1.165, 1.54) is 12.1 Å². The second-order valence-electron chi connectivity index (χ2n) is 3.72. The first-order chi connectivity index (χ1) is 7.58. The number of halogens is 1. The van der Waals surface area contributed by atoms with Crippen molar-refractivity contribution in [2.24, 2.45) is 0 Å². The van der Waals surface area contributed by atoms with Crippen molar-refractivity contribution in [2.75, 3.05) is 0 Å². The summed E-state index contributed by atoms with van der Waals surface area (Å²) >= 11 is 0. The molecule has 4 nitrogen and oxygen atoms in total. The van der Waals surface area contributed by atoms with Gasteiger partial charge in [0, 0.05) is 23.5 Å². The smallest absolute Gasteiger partial charge is 0.129 e. The number of fused-ring (bicyclic) bond motifs is 1. The number of aliphatic carboxylic acids is 1. The number of aromatic amines is 1. The molecule has 0 bridgehead atoms. The number of nitrogens with one attached hydrogen (secondary N) is 1. The number of carboxylic acid groups (broad SMARTS) is 1. The van der Waals surface area contributed by atoms with Gasteiger partial charge >= 0.3 is 0 Å². The van der Waals surface area contributed by atoms with Gasteiger partial charge < -0.3 is 20.6 Å². The van der Waals surface area contributed by atoms with Crippen molar-refractivity contribution in [3.05, 3.63) is 35.8 Å². The molecule has 0 saturated heterocycles. The van der Waals surface area contributed by atoms with Gasteiger partial charge in [-0.25, -0.2) is 4.39 Å². The van der Waals surface area contributed by atoms with Crippen LogP contribution in [0.15, 0.2) is 24.4 Å². The molecule has 84 valence electrons. The zero-order chi connectivity index (χ0) is 11.7. The average Bonchev–Trinajstić information content (AvgIpc) is 2.60. The Morgan fingerprint density at radius 3 is 3.00 bits per heavy atom. The van der Waals surface area contributed by atoms with Crippen LogP contribution in [0.1, 0.15) is 5.56 Å². The molecular weight excluding hydrogens is 211 g/mol. The summed E-state index contributed by atoms with van der Waals surface area (Å²) in [6.45, 7) is 0. The lowest BCUT2D eigenvalue weighted by Crippen LogP contribution is -2.69. The van der Waals surface area contributed by atoms with Gasteiger partial charge in [-0.15, -0.1) is 0 Å². The summed E-state index contributed by atoms with van der Waals surface area (Å²) in [4.78, 5) is 13.5. The minimum atomic E-state index is -1.18. The molecule has 0 amide bonds. The average molecular weight is 222 g/mol. The van der Waals surface area contributed by atoms with Crippen molar-refractivity contribution >= 4 is 16.9 Å². The highest BCUT2D eigenvalue weighted by Gasteiger charge is 2.12. The molecule has 2 rings (SSSR count). The molecule has 1 aromatic heterocycles. The number of carbonyl (C=O) groups is 1. The lowest BCUT2D eigenvalue weighted by Gasteiger charge is -2.07. The Kier molecular flexibility index (Phi) is 2.62. The van der Waals surface area contributed by atoms with Crippen molar-refractivity contribution in [3.8, 4) is 0 Å². The first kappa shape index (κ1) is 10.6. The Bertz CT molecular complexity index is 536. The first-order valence-electron chi connectivity index (χ1n) is 4.87. The predicted octanol–water partition coefficient (Wildman–Crippen LogP) is -0.790. The maximum atomic E-state index is 12.9. The van der Waals surface area contributed by atoms with Crippen molar-refractivity contribution < 1.29 is 20.0 Å². The molecule has 0 aliphatic carbocycles. The standard InChI is InChI=1S/C11H11FN2O2/c12-7-1-2-8-6(3-9(13)11(15)16)5-14-10(8)4-7/h1-2,4-5,9,14H,3,13H2,(H,15,16)/t9-/m1/s1. The molecular formula is C11H11FN2O2. The highest BCUT2D eigenvalue weighted by molar-refractivity contribution is 5.84. The van der Waals surface area contributed by atoms with Crippen molar-refractivity contribution in [1.29, 1.82) is 0 Å². The number of rotatable bonds is 3. The van der Waals surface area contributed by atoms with Crippen LogP contribution in [0.2, 0.25) is 0 Å². The van der Waals surface area contributed by atoms with E-state index in [4.69, 9.17) is 0 Å². The van der Waals surface area contributed by atoms with Gasteiger partial charge in [0.2, 0.25) is 0 Å². The maximum absolute atomic E-state index is 12.9. The van der Waals surface area contributed by atoms with Gasteiger partial charge in [0.15, 0.2) is 0 Å². The molecule has 0 unspecified atom stereocenters. The van der Waals surface area contributed by atoms with E-state index in [-0.39, 0.29) is 12.2 Å². The summed E-state index contributed by atoms with van der Waals surface area (Å²) in [6, 6.07) is 3.54. The molecule has 1 atom stereocenters. The van der Waals surface area contributed by atoms with E-state index in [1.54, 1.807) is 12.3 Å². The second-order valence-corrected chi connectivity index (χ2v) is 3.72. The van der Waals surface area contributed by atoms with Crippen molar-refractivity contribution in [2.45, 2.75) is 12.5 Å². The molecule has 0 aliphatic rings. The summed E-state index contributed by atoms with van der Waals surface area (Å²) in [7, 11) is 0. The van der Waals surface area contributed by atoms with Gasteiger partial charge in [-0.3, -0.25) is 0 Å². The molecule has 16 heavy (non-hydrogen) atoms. The molecule has 0 spiro atoms. The Labute approximate surface area is 90.9 Å². The number of carbonyl (C=O) groups excluding carboxylic acids is 1. The summed E-state index contributed by atoms with van der Waals surface area (Å²) in [6.07, 6.45) is 1.94. The van der Waals surface area contributed by atoms with Gasteiger partial charge in [0.25, 0.3) is 0 Å². The number of aromatic nitrogens is 1. The van der Waals surface area contributed by atoms with Gasteiger partial charge in [0.05, 0.1) is 5.97 Å². The molecule has 0 aliphatic heterocycles. The summed E-state index contributed by atoms with van der Waals surface area (Å²) in [5, 5.41) is 11.4. The van der Waals surface area contributed by atoms with Crippen molar-refractivity contribution in [1.82, 2.24) is 4.98 Å². The van der Waals surface area contributed by atoms with E-state index < -0.39 is 12.0 Å². The van der Waals surface area contributed by atoms with E-state index in [0.29, 0.717) is 5.52 Å². The van der Waals surface area contributed by atoms with Crippen LogP contribution in [0.5, 0.6) is 0 Å². The Balaban J connectivity index is 2.35. The lowest BCUT2D eigenvalue weighted by atomic mass is 10.1. The minimum absolute atomic E-state index is 0.272. The molecule has 0 saturated carbocycles. The third-order valence-corrected chi connectivity index (χ3v) is 2.53. The fourth-order valence-corrected chi connectivity index (χ4v) is 1.68. The molecule has 1 aromatic carbocycles. The molecule has 4 N–H and O–H groups in total. The normalized spacial score (nSPS) is 12.9. The minimum Gasteiger partial charge on any atom is -0.544 e. The second kappa shape index (κ2) is 3.94. The highest BCUT2D eigenvalue weighted by Crippen LogP contribution is 2.19. The van der Waals surface area contributed by atoms with Crippen LogP contribution in [-0.2, 0) is 11.2 Å². The van der Waals surface area contributed by atoms with Crippen LogP contribution < -0.4 is 10.8 Å². The fourth-order valence-electron chi connectivity index (χ4n) is 1.68. The van der Waals surface area contributed by atoms with E-state index in [0.717, 1.165) is 10.9 Å². The van der Waals surface area contributed by atoms with Crippen LogP contribution in [0.25, 0.3) is 10.9 Å². The third-order valence-electron chi connectivity index (χ3n) is 2.53. The first-order valence-corrected chi connectivity index (χ1v) is 4.87. The number of H-pyrrole nitrogens is 1. The van der Waals surface area contributed by atoms with Gasteiger partial charge in [-0.1, -0.05) is 0 Å². The monoisotopic (exact) mass is 222 g/mol. The molecule has 0 fully saturated rings. The topological polar surface area (TPSA) is 83.6 Å². The van der Waals surface area contributed by atoms with E-state index in [1.807, 2.05) is 0 Å². The van der Waals surface area contributed by atoms with E-state index >= 15 is 0 Å². The summed E-state index contributed by atoms with van der Waals surface area (Å²) < 4.78 is 12.9. The molecule has 2 aromatic rings. The zero-order valence-electron chi connectivity index (χ0n) is 8.50. The predicted molar refractivity (Wildman–Crippen MR) is 53.6 cm³/mol. The fraction of sp³-hybridized carbons (Fsp3) is 0.182. The van der Waals surface area contributed by atoms with E-state index in [2.05, 4.69) is 10.7 Å². The SMILES string of the molecule is [NH3+][C@H](Cc1c[nH]c2cc(F)ccc12)C(=O)[O-]. The molecule has 5 heteroatoms. The Hall–Kier alpha value is -1.88. The van der Waals surface area contributed by atoms with Crippen LogP contribution in [0.4, 0.5) is 4.39 Å². The Morgan fingerprint density at radius 1 is 1.56 bits per heavy atom. The molecule has 1 heterocycles. The number of hydrogen-bond donors (Lipinski definition) is 2. The van der Waals surface area contributed by atoms with Crippen molar-refractivity contribution in [3.63, 3.8) is 0 Å². The van der Waals surface area contributed by atoms with Gasteiger partial charge in [-0.05, 0) is 23.8 Å². The third kappa shape index (κ3) is 1.90. The number of quaternary nitrogens is 1. The highest BCUT2D eigenvalue weighted by atomic mass is 19.1. The Morgan fingerprint density at radius 2 is 2.31 bits per heavy atom. The van der Waals surface area contributed by atoms with Crippen LogP contribution in [-0.4, -0.2) is 17.0 Å². The van der Waals surface area contributed by atoms with Crippen LogP contribution in [0.3, 0.4) is 0 Å². The summed E-state index contributed by atoms with van der Waals surface area (Å²) in [5.41, 5.74) is 4.94. The van der Waals surface area contributed by atoms with E-state index in [9.17, 15) is 14.3 Å². The largest absolute Gasteiger partial charge is 0.544 e. The van der Waals surface area contributed by atoms with Crippen LogP contribution >= 0.6 is 0 Å². The quantitative estimate of drug-likeness (QED) is 0.713. The number of benzene rings is 1. The lowest BCUT2D eigenvalue weighted by molar-refractivity contribution is -0.436. The van der Waals surface area contributed by atoms with Gasteiger partial charge in [0.1, 0.15) is 11.9 Å². The van der Waals surface area contributed by atoms with Gasteiger partial charge in [-0.2, -0.15) is 0 Å². The zero-order valence-corrected chi connectivity index (χ0v) is 8.50.